The molecule has 0 heterocycles. The molecule has 0 fully saturated rings. The Morgan fingerprint density at radius 1 is 1.48 bits per heavy atom. The third kappa shape index (κ3) is 4.42. The molecule has 0 aliphatic rings. The minimum Gasteiger partial charge on any atom is -0.477 e. The summed E-state index contributed by atoms with van der Waals surface area (Å²) in [7, 11) is 1.55. The van der Waals surface area contributed by atoms with E-state index in [1.54, 1.807) is 18.1 Å². The zero-order chi connectivity index (χ0) is 16.0. The van der Waals surface area contributed by atoms with E-state index in [1.807, 2.05) is 13.8 Å². The van der Waals surface area contributed by atoms with Gasteiger partial charge in [0.2, 0.25) is 0 Å². The number of nitrogens with zero attached hydrogens (tertiary/aromatic N) is 2. The summed E-state index contributed by atoms with van der Waals surface area (Å²) in [5.74, 6) is -1.03. The van der Waals surface area contributed by atoms with Crippen LogP contribution in [0.15, 0.2) is 18.2 Å². The molecule has 0 bridgehead atoms. The third-order valence-corrected chi connectivity index (χ3v) is 2.92. The van der Waals surface area contributed by atoms with Crippen LogP contribution < -0.4 is 4.90 Å². The summed E-state index contributed by atoms with van der Waals surface area (Å²) in [5, 5.41) is 20.4. The van der Waals surface area contributed by atoms with Gasteiger partial charge in [0.1, 0.15) is 11.3 Å². The van der Waals surface area contributed by atoms with Crippen LogP contribution in [0.5, 0.6) is 0 Å². The number of carbonyl (C=O) groups is 1. The molecule has 1 aromatic rings. The first-order valence-electron chi connectivity index (χ1n) is 6.63. The summed E-state index contributed by atoms with van der Waals surface area (Å²) >= 11 is 0. The van der Waals surface area contributed by atoms with Gasteiger partial charge >= 0.3 is 11.7 Å². The van der Waals surface area contributed by atoms with Crippen LogP contribution in [0, 0.1) is 16.0 Å². The molecule has 0 amide bonds. The van der Waals surface area contributed by atoms with Crippen molar-refractivity contribution in [1.82, 2.24) is 0 Å². The lowest BCUT2D eigenvalue weighted by Crippen LogP contribution is -2.31. The van der Waals surface area contributed by atoms with Crippen molar-refractivity contribution in [2.75, 3.05) is 31.7 Å². The minimum atomic E-state index is -1.31. The highest BCUT2D eigenvalue weighted by Crippen LogP contribution is 2.32. The molecule has 116 valence electrons. The molecule has 1 aromatic carbocycles. The van der Waals surface area contributed by atoms with Crippen molar-refractivity contribution in [3.05, 3.63) is 33.9 Å². The molecular formula is C14H20N2O5. The molecule has 0 unspecified atom stereocenters. The van der Waals surface area contributed by atoms with Gasteiger partial charge in [0.15, 0.2) is 0 Å². The van der Waals surface area contributed by atoms with E-state index in [9.17, 15) is 14.9 Å². The van der Waals surface area contributed by atoms with Crippen LogP contribution in [-0.4, -0.2) is 42.8 Å². The maximum absolute atomic E-state index is 11.3. The van der Waals surface area contributed by atoms with E-state index >= 15 is 0 Å². The lowest BCUT2D eigenvalue weighted by atomic mass is 10.1. The molecular weight excluding hydrogens is 276 g/mol. The average Bonchev–Trinajstić information content (AvgIpc) is 2.41. The fourth-order valence-corrected chi connectivity index (χ4v) is 2.10. The quantitative estimate of drug-likeness (QED) is 0.585. The Labute approximate surface area is 123 Å². The van der Waals surface area contributed by atoms with Crippen molar-refractivity contribution in [2.45, 2.75) is 13.8 Å². The first kappa shape index (κ1) is 16.9. The first-order valence-corrected chi connectivity index (χ1v) is 6.63. The normalized spacial score (nSPS) is 10.7. The predicted octanol–water partition coefficient (Wildman–Crippen LogP) is 2.40. The molecule has 0 saturated heterocycles. The van der Waals surface area contributed by atoms with Crippen molar-refractivity contribution in [3.63, 3.8) is 0 Å². The zero-order valence-electron chi connectivity index (χ0n) is 12.4. The Kier molecular flexibility index (Phi) is 6.10. The lowest BCUT2D eigenvalue weighted by molar-refractivity contribution is -0.384. The van der Waals surface area contributed by atoms with Gasteiger partial charge in [-0.15, -0.1) is 0 Å². The highest BCUT2D eigenvalue weighted by Gasteiger charge is 2.27. The van der Waals surface area contributed by atoms with Crippen LogP contribution in [0.1, 0.15) is 24.2 Å². The monoisotopic (exact) mass is 296 g/mol. The zero-order valence-corrected chi connectivity index (χ0v) is 12.4. The fourth-order valence-electron chi connectivity index (χ4n) is 2.10. The largest absolute Gasteiger partial charge is 0.477 e. The molecule has 0 aromatic heterocycles. The van der Waals surface area contributed by atoms with E-state index < -0.39 is 10.9 Å². The molecule has 0 atom stereocenters. The molecule has 7 heteroatoms. The van der Waals surface area contributed by atoms with Gasteiger partial charge in [-0.1, -0.05) is 19.9 Å². The van der Waals surface area contributed by atoms with E-state index in [1.165, 1.54) is 12.1 Å². The third-order valence-electron chi connectivity index (χ3n) is 2.92. The molecule has 0 aliphatic heterocycles. The Morgan fingerprint density at radius 2 is 2.14 bits per heavy atom. The van der Waals surface area contributed by atoms with E-state index in [4.69, 9.17) is 9.84 Å². The molecule has 0 radical (unpaired) electrons. The van der Waals surface area contributed by atoms with Gasteiger partial charge < -0.3 is 14.7 Å². The Bertz CT molecular complexity index is 516. The van der Waals surface area contributed by atoms with Crippen LogP contribution >= 0.6 is 0 Å². The molecule has 7 nitrogen and oxygen atoms in total. The van der Waals surface area contributed by atoms with Crippen molar-refractivity contribution < 1.29 is 19.6 Å². The van der Waals surface area contributed by atoms with E-state index in [0.717, 1.165) is 0 Å². The topological polar surface area (TPSA) is 92.9 Å². The summed E-state index contributed by atoms with van der Waals surface area (Å²) in [4.78, 5) is 23.6. The molecule has 0 aliphatic carbocycles. The number of nitro benzene ring substituents is 1. The molecule has 1 rings (SSSR count). The van der Waals surface area contributed by atoms with Crippen molar-refractivity contribution in [2.24, 2.45) is 5.92 Å². The van der Waals surface area contributed by atoms with Gasteiger partial charge in [0.25, 0.3) is 0 Å². The average molecular weight is 296 g/mol. The van der Waals surface area contributed by atoms with Gasteiger partial charge in [-0.2, -0.15) is 0 Å². The molecule has 1 N–H and O–H groups in total. The number of benzene rings is 1. The number of carboxylic acid groups (broad SMARTS) is 1. The van der Waals surface area contributed by atoms with Gasteiger partial charge in [-0.3, -0.25) is 10.1 Å². The Morgan fingerprint density at radius 3 is 2.62 bits per heavy atom. The van der Waals surface area contributed by atoms with Gasteiger partial charge in [0.05, 0.1) is 11.5 Å². The number of hydrogen-bond donors (Lipinski definition) is 1. The maximum atomic E-state index is 11.3. The van der Waals surface area contributed by atoms with Gasteiger partial charge in [-0.25, -0.2) is 4.79 Å². The van der Waals surface area contributed by atoms with Crippen LogP contribution in [0.4, 0.5) is 11.4 Å². The fraction of sp³-hybridized carbons (Fsp3) is 0.500. The van der Waals surface area contributed by atoms with Crippen LogP contribution in [0.25, 0.3) is 0 Å². The smallest absolute Gasteiger partial charge is 0.342 e. The number of ether oxygens (including phenoxy) is 1. The summed E-state index contributed by atoms with van der Waals surface area (Å²) in [6, 6.07) is 4.34. The Hall–Kier alpha value is -2.15. The molecule has 0 saturated carbocycles. The van der Waals surface area contributed by atoms with E-state index in [2.05, 4.69) is 0 Å². The number of rotatable bonds is 8. The highest BCUT2D eigenvalue weighted by molar-refractivity contribution is 5.95. The number of para-hydroxylation sites is 1. The first-order chi connectivity index (χ1) is 9.88. The number of anilines is 1. The van der Waals surface area contributed by atoms with Crippen LogP contribution in [0.2, 0.25) is 0 Å². The number of aromatic carboxylic acids is 1. The SMILES string of the molecule is COCCN(CC(C)C)c1cccc(C(=O)O)c1[N+](=O)[O-]. The number of nitro groups is 1. The van der Waals surface area contributed by atoms with Crippen molar-refractivity contribution in [1.29, 1.82) is 0 Å². The molecule has 21 heavy (non-hydrogen) atoms. The lowest BCUT2D eigenvalue weighted by Gasteiger charge is -2.26. The molecule has 0 spiro atoms. The van der Waals surface area contributed by atoms with E-state index in [0.29, 0.717) is 25.4 Å². The number of methoxy groups -OCH3 is 1. The maximum Gasteiger partial charge on any atom is 0.342 e. The van der Waals surface area contributed by atoms with Crippen molar-refractivity contribution >= 4 is 17.3 Å². The highest BCUT2D eigenvalue weighted by atomic mass is 16.6. The van der Waals surface area contributed by atoms with Gasteiger partial charge in [0, 0.05) is 20.2 Å². The van der Waals surface area contributed by atoms with Crippen molar-refractivity contribution in [3.8, 4) is 0 Å². The second-order valence-electron chi connectivity index (χ2n) is 5.07. The number of carboxylic acids is 1. The summed E-state index contributed by atoms with van der Waals surface area (Å²) in [5.41, 5.74) is -0.365. The second-order valence-corrected chi connectivity index (χ2v) is 5.07. The summed E-state index contributed by atoms with van der Waals surface area (Å²) in [6.07, 6.45) is 0. The van der Waals surface area contributed by atoms with Crippen LogP contribution in [0.3, 0.4) is 0 Å². The van der Waals surface area contributed by atoms with Gasteiger partial charge in [-0.05, 0) is 18.1 Å². The minimum absolute atomic E-state index is 0.273. The number of hydrogen-bond acceptors (Lipinski definition) is 5. The van der Waals surface area contributed by atoms with Crippen LogP contribution in [-0.2, 0) is 4.74 Å². The Balaban J connectivity index is 3.31. The standard InChI is InChI=1S/C14H20N2O5/c1-10(2)9-15(7-8-21-3)12-6-4-5-11(14(17)18)13(12)16(19)20/h4-6,10H,7-9H2,1-3H3,(H,17,18). The van der Waals surface area contributed by atoms with E-state index in [-0.39, 0.29) is 17.2 Å². The summed E-state index contributed by atoms with van der Waals surface area (Å²) in [6.45, 7) is 5.42. The summed E-state index contributed by atoms with van der Waals surface area (Å²) < 4.78 is 5.03. The second kappa shape index (κ2) is 7.58. The predicted molar refractivity (Wildman–Crippen MR) is 79.0 cm³/mol.